The predicted octanol–water partition coefficient (Wildman–Crippen LogP) is 1.86. The number of aryl methyl sites for hydroxylation is 1. The molecule has 0 bridgehead atoms. The van der Waals surface area contributed by atoms with E-state index in [2.05, 4.69) is 0 Å². The van der Waals surface area contributed by atoms with Crippen molar-refractivity contribution in [2.45, 2.75) is 31.4 Å². The highest BCUT2D eigenvalue weighted by atomic mass is 32.2. The molecular formula is C13H21NO3S2. The van der Waals surface area contributed by atoms with Gasteiger partial charge in [-0.05, 0) is 37.3 Å². The highest BCUT2D eigenvalue weighted by molar-refractivity contribution is 7.98. The van der Waals surface area contributed by atoms with Gasteiger partial charge in [0.2, 0.25) is 10.0 Å². The van der Waals surface area contributed by atoms with E-state index in [1.54, 1.807) is 43.9 Å². The first kappa shape index (κ1) is 16.5. The monoisotopic (exact) mass is 303 g/mol. The van der Waals surface area contributed by atoms with Crippen LogP contribution in [0.3, 0.4) is 0 Å². The lowest BCUT2D eigenvalue weighted by molar-refractivity contribution is 0.281. The second-order valence-corrected chi connectivity index (χ2v) is 7.46. The summed E-state index contributed by atoms with van der Waals surface area (Å²) in [5.41, 5.74) is 1.30. The van der Waals surface area contributed by atoms with Crippen molar-refractivity contribution < 1.29 is 13.5 Å². The Morgan fingerprint density at radius 3 is 2.58 bits per heavy atom. The van der Waals surface area contributed by atoms with Gasteiger partial charge in [0.15, 0.2) is 0 Å². The number of benzene rings is 1. The van der Waals surface area contributed by atoms with Gasteiger partial charge in [0.05, 0.1) is 11.5 Å². The maximum Gasteiger partial charge on any atom is 0.243 e. The molecule has 0 saturated carbocycles. The van der Waals surface area contributed by atoms with Crippen molar-refractivity contribution in [2.75, 3.05) is 19.1 Å². The maximum absolute atomic E-state index is 12.6. The van der Waals surface area contributed by atoms with E-state index in [4.69, 9.17) is 5.11 Å². The lowest BCUT2D eigenvalue weighted by Crippen LogP contribution is -2.36. The number of rotatable bonds is 6. The molecule has 6 heteroatoms. The van der Waals surface area contributed by atoms with Gasteiger partial charge >= 0.3 is 0 Å². The molecule has 1 atom stereocenters. The number of hydrogen-bond donors (Lipinski definition) is 1. The second kappa shape index (κ2) is 6.74. The number of thioether (sulfide) groups is 1. The van der Waals surface area contributed by atoms with Crippen LogP contribution in [0.25, 0.3) is 0 Å². The van der Waals surface area contributed by atoms with Crippen molar-refractivity contribution >= 4 is 21.8 Å². The minimum absolute atomic E-state index is 0.0721. The molecule has 1 N–H and O–H groups in total. The molecule has 0 aliphatic heterocycles. The zero-order chi connectivity index (χ0) is 14.6. The van der Waals surface area contributed by atoms with Crippen molar-refractivity contribution in [1.29, 1.82) is 0 Å². The van der Waals surface area contributed by atoms with Crippen LogP contribution in [-0.2, 0) is 16.6 Å². The molecule has 1 rings (SSSR count). The molecule has 0 fully saturated rings. The Labute approximate surface area is 119 Å². The maximum atomic E-state index is 12.6. The van der Waals surface area contributed by atoms with Crippen molar-refractivity contribution in [3.63, 3.8) is 0 Å². The van der Waals surface area contributed by atoms with Crippen LogP contribution in [0, 0.1) is 6.92 Å². The molecule has 0 radical (unpaired) electrons. The van der Waals surface area contributed by atoms with Gasteiger partial charge in [0.25, 0.3) is 0 Å². The second-order valence-electron chi connectivity index (χ2n) is 4.58. The summed E-state index contributed by atoms with van der Waals surface area (Å²) in [7, 11) is -1.92. The first-order valence-electron chi connectivity index (χ1n) is 6.02. The van der Waals surface area contributed by atoms with E-state index in [1.165, 1.54) is 4.31 Å². The van der Waals surface area contributed by atoms with Crippen LogP contribution in [0.1, 0.15) is 18.1 Å². The van der Waals surface area contributed by atoms with Gasteiger partial charge in [-0.25, -0.2) is 8.42 Å². The molecule has 1 aromatic carbocycles. The Morgan fingerprint density at radius 2 is 2.05 bits per heavy atom. The van der Waals surface area contributed by atoms with Crippen LogP contribution in [0.4, 0.5) is 0 Å². The lowest BCUT2D eigenvalue weighted by atomic mass is 10.2. The van der Waals surface area contributed by atoms with Gasteiger partial charge in [-0.2, -0.15) is 16.1 Å². The van der Waals surface area contributed by atoms with E-state index in [1.807, 2.05) is 13.2 Å². The van der Waals surface area contributed by atoms with Gasteiger partial charge < -0.3 is 5.11 Å². The molecule has 108 valence electrons. The number of nitrogens with zero attached hydrogens (tertiary/aromatic N) is 1. The molecule has 0 spiro atoms. The molecule has 1 unspecified atom stereocenters. The Hall–Kier alpha value is -0.560. The summed E-state index contributed by atoms with van der Waals surface area (Å²) in [6.07, 6.45) is 1.95. The summed E-state index contributed by atoms with van der Waals surface area (Å²) in [4.78, 5) is 0.273. The third-order valence-corrected chi connectivity index (χ3v) is 6.05. The van der Waals surface area contributed by atoms with E-state index in [0.29, 0.717) is 11.1 Å². The molecule has 0 aliphatic rings. The van der Waals surface area contributed by atoms with Gasteiger partial charge in [-0.3, -0.25) is 0 Å². The van der Waals surface area contributed by atoms with Crippen LogP contribution in [0.2, 0.25) is 0 Å². The molecule has 1 aromatic rings. The van der Waals surface area contributed by atoms with Crippen LogP contribution in [0.15, 0.2) is 23.1 Å². The molecule has 0 aromatic heterocycles. The molecule has 0 heterocycles. The van der Waals surface area contributed by atoms with Crippen molar-refractivity contribution in [3.8, 4) is 0 Å². The normalized spacial score (nSPS) is 13.8. The van der Waals surface area contributed by atoms with Crippen molar-refractivity contribution in [2.24, 2.45) is 0 Å². The molecule has 0 amide bonds. The minimum Gasteiger partial charge on any atom is -0.392 e. The first-order chi connectivity index (χ1) is 8.84. The Bertz CT molecular complexity index is 529. The predicted molar refractivity (Wildman–Crippen MR) is 79.9 cm³/mol. The molecule has 0 aliphatic carbocycles. The fraction of sp³-hybridized carbons (Fsp3) is 0.538. The SMILES string of the molecule is CSCC(C)N(C)S(=O)(=O)c1cc(CO)ccc1C. The van der Waals surface area contributed by atoms with Crippen molar-refractivity contribution in [1.82, 2.24) is 4.31 Å². The first-order valence-corrected chi connectivity index (χ1v) is 8.85. The quantitative estimate of drug-likeness (QED) is 0.871. The van der Waals surface area contributed by atoms with E-state index < -0.39 is 10.0 Å². The summed E-state index contributed by atoms with van der Waals surface area (Å²) in [5, 5.41) is 9.14. The molecule has 4 nitrogen and oxygen atoms in total. The fourth-order valence-corrected chi connectivity index (χ4v) is 4.19. The van der Waals surface area contributed by atoms with E-state index >= 15 is 0 Å². The van der Waals surface area contributed by atoms with Gasteiger partial charge in [-0.15, -0.1) is 0 Å². The number of sulfonamides is 1. The average molecular weight is 303 g/mol. The highest BCUT2D eigenvalue weighted by Crippen LogP contribution is 2.22. The number of hydrogen-bond acceptors (Lipinski definition) is 4. The molecule has 0 saturated heterocycles. The zero-order valence-corrected chi connectivity index (χ0v) is 13.4. The summed E-state index contributed by atoms with van der Waals surface area (Å²) in [5.74, 6) is 0.745. The largest absolute Gasteiger partial charge is 0.392 e. The van der Waals surface area contributed by atoms with Gasteiger partial charge in [0, 0.05) is 18.8 Å². The Balaban J connectivity index is 3.19. The van der Waals surface area contributed by atoms with Crippen molar-refractivity contribution in [3.05, 3.63) is 29.3 Å². The Morgan fingerprint density at radius 1 is 1.42 bits per heavy atom. The summed E-state index contributed by atoms with van der Waals surface area (Å²) >= 11 is 1.62. The summed E-state index contributed by atoms with van der Waals surface area (Å²) in [6.45, 7) is 3.49. The third kappa shape index (κ3) is 3.72. The molecule has 19 heavy (non-hydrogen) atoms. The molecular weight excluding hydrogens is 282 g/mol. The summed E-state index contributed by atoms with van der Waals surface area (Å²) < 4.78 is 26.5. The average Bonchev–Trinajstić information content (AvgIpc) is 2.38. The van der Waals surface area contributed by atoms with Gasteiger partial charge in [-0.1, -0.05) is 12.1 Å². The number of aliphatic hydroxyl groups is 1. The lowest BCUT2D eigenvalue weighted by Gasteiger charge is -2.24. The van der Waals surface area contributed by atoms with Crippen LogP contribution >= 0.6 is 11.8 Å². The standard InChI is InChI=1S/C13H21NO3S2/c1-10-5-6-12(8-15)7-13(10)19(16,17)14(3)11(2)9-18-4/h5-7,11,15H,8-9H2,1-4H3. The van der Waals surface area contributed by atoms with Crippen LogP contribution < -0.4 is 0 Å². The summed E-state index contributed by atoms with van der Waals surface area (Å²) in [6, 6.07) is 4.94. The third-order valence-electron chi connectivity index (χ3n) is 3.12. The van der Waals surface area contributed by atoms with E-state index in [-0.39, 0.29) is 17.5 Å². The smallest absolute Gasteiger partial charge is 0.243 e. The highest BCUT2D eigenvalue weighted by Gasteiger charge is 2.26. The van der Waals surface area contributed by atoms with Crippen LogP contribution in [0.5, 0.6) is 0 Å². The van der Waals surface area contributed by atoms with Gasteiger partial charge in [0.1, 0.15) is 0 Å². The fourth-order valence-electron chi connectivity index (χ4n) is 1.76. The van der Waals surface area contributed by atoms with E-state index in [0.717, 1.165) is 5.75 Å². The van der Waals surface area contributed by atoms with Crippen LogP contribution in [-0.4, -0.2) is 42.9 Å². The minimum atomic E-state index is -3.51. The zero-order valence-electron chi connectivity index (χ0n) is 11.8. The van der Waals surface area contributed by atoms with E-state index in [9.17, 15) is 8.42 Å². The Kier molecular flexibility index (Phi) is 5.85. The topological polar surface area (TPSA) is 57.6 Å². The number of aliphatic hydroxyl groups excluding tert-OH is 1.